The third-order valence-corrected chi connectivity index (χ3v) is 4.54. The first kappa shape index (κ1) is 12.4. The lowest BCUT2D eigenvalue weighted by Crippen LogP contribution is -2.17. The van der Waals surface area contributed by atoms with Crippen molar-refractivity contribution in [2.75, 3.05) is 5.88 Å². The summed E-state index contributed by atoms with van der Waals surface area (Å²) < 4.78 is 1.15. The molecule has 1 unspecified atom stereocenters. The summed E-state index contributed by atoms with van der Waals surface area (Å²) in [5, 5.41) is 0. The number of hydrogen-bond acceptors (Lipinski definition) is 0. The molecule has 1 aromatic carbocycles. The fourth-order valence-corrected chi connectivity index (χ4v) is 3.43. The highest BCUT2D eigenvalue weighted by molar-refractivity contribution is 9.10. The van der Waals surface area contributed by atoms with Gasteiger partial charge >= 0.3 is 0 Å². The van der Waals surface area contributed by atoms with E-state index in [2.05, 4.69) is 40.2 Å². The zero-order chi connectivity index (χ0) is 11.4. The maximum absolute atomic E-state index is 6.16. The predicted octanol–water partition coefficient (Wildman–Crippen LogP) is 5.35. The van der Waals surface area contributed by atoms with Gasteiger partial charge in [0.1, 0.15) is 0 Å². The van der Waals surface area contributed by atoms with Crippen LogP contribution >= 0.6 is 27.5 Å². The van der Waals surface area contributed by atoms with E-state index in [1.807, 2.05) is 0 Å². The molecular formula is C14H18BrCl. The maximum Gasteiger partial charge on any atom is 0.0294 e. The molecule has 88 valence electrons. The molecule has 0 aliphatic heterocycles. The molecule has 2 heteroatoms. The van der Waals surface area contributed by atoms with Gasteiger partial charge in [-0.2, -0.15) is 0 Å². The van der Waals surface area contributed by atoms with E-state index in [1.165, 1.54) is 37.7 Å². The highest BCUT2D eigenvalue weighted by atomic mass is 79.9. The molecule has 0 spiro atoms. The quantitative estimate of drug-likeness (QED) is 0.660. The van der Waals surface area contributed by atoms with Crippen LogP contribution in [0.25, 0.3) is 0 Å². The summed E-state index contributed by atoms with van der Waals surface area (Å²) in [6, 6.07) is 8.67. The van der Waals surface area contributed by atoms with Gasteiger partial charge in [-0.1, -0.05) is 47.3 Å². The first-order valence-corrected chi connectivity index (χ1v) is 7.45. The second-order valence-corrected chi connectivity index (χ2v) is 5.93. The molecule has 2 rings (SSSR count). The highest BCUT2D eigenvalue weighted by Gasteiger charge is 2.24. The first-order chi connectivity index (χ1) is 7.81. The van der Waals surface area contributed by atoms with Gasteiger partial charge in [-0.05, 0) is 36.5 Å². The van der Waals surface area contributed by atoms with Crippen LogP contribution in [-0.4, -0.2) is 5.88 Å². The number of rotatable bonds is 3. The minimum atomic E-state index is 0.551. The Bertz CT molecular complexity index is 314. The van der Waals surface area contributed by atoms with E-state index in [0.717, 1.165) is 16.3 Å². The molecule has 0 nitrogen and oxygen atoms in total. The zero-order valence-corrected chi connectivity index (χ0v) is 11.8. The van der Waals surface area contributed by atoms with Crippen LogP contribution < -0.4 is 0 Å². The van der Waals surface area contributed by atoms with Crippen molar-refractivity contribution >= 4 is 27.5 Å². The van der Waals surface area contributed by atoms with Crippen molar-refractivity contribution in [3.05, 3.63) is 34.3 Å². The molecule has 1 aliphatic carbocycles. The minimum absolute atomic E-state index is 0.551. The van der Waals surface area contributed by atoms with Crippen molar-refractivity contribution < 1.29 is 0 Å². The van der Waals surface area contributed by atoms with Crippen molar-refractivity contribution in [2.24, 2.45) is 5.92 Å². The zero-order valence-electron chi connectivity index (χ0n) is 9.46. The van der Waals surface area contributed by atoms with Crippen molar-refractivity contribution in [3.8, 4) is 0 Å². The summed E-state index contributed by atoms with van der Waals surface area (Å²) in [5.74, 6) is 2.11. The molecule has 16 heavy (non-hydrogen) atoms. The molecule has 0 heterocycles. The van der Waals surface area contributed by atoms with Crippen molar-refractivity contribution in [2.45, 2.75) is 38.0 Å². The summed E-state index contributed by atoms with van der Waals surface area (Å²) in [6.45, 7) is 0. The Morgan fingerprint density at radius 1 is 1.12 bits per heavy atom. The van der Waals surface area contributed by atoms with Crippen molar-refractivity contribution in [1.82, 2.24) is 0 Å². The van der Waals surface area contributed by atoms with Crippen LogP contribution in [0, 0.1) is 5.92 Å². The lowest BCUT2D eigenvalue weighted by molar-refractivity contribution is 0.318. The molecule has 0 amide bonds. The average molecular weight is 302 g/mol. The Balaban J connectivity index is 2.11. The van der Waals surface area contributed by atoms with Crippen LogP contribution in [0.5, 0.6) is 0 Å². The molecule has 1 aromatic rings. The van der Waals surface area contributed by atoms with Crippen LogP contribution in [0.15, 0.2) is 28.7 Å². The molecular weight excluding hydrogens is 284 g/mol. The van der Waals surface area contributed by atoms with E-state index in [9.17, 15) is 0 Å². The van der Waals surface area contributed by atoms with Gasteiger partial charge in [0.15, 0.2) is 0 Å². The fourth-order valence-electron chi connectivity index (χ4n) is 2.73. The average Bonchev–Trinajstić information content (AvgIpc) is 2.34. The third-order valence-electron chi connectivity index (χ3n) is 3.68. The Hall–Kier alpha value is -0.0100. The summed E-state index contributed by atoms with van der Waals surface area (Å²) in [6.07, 6.45) is 6.88. The van der Waals surface area contributed by atoms with Crippen LogP contribution in [0.4, 0.5) is 0 Å². The maximum atomic E-state index is 6.16. The van der Waals surface area contributed by atoms with Gasteiger partial charge in [0.05, 0.1) is 0 Å². The van der Waals surface area contributed by atoms with Gasteiger partial charge in [-0.3, -0.25) is 0 Å². The van der Waals surface area contributed by atoms with Crippen molar-refractivity contribution in [1.29, 1.82) is 0 Å². The Labute approximate surface area is 112 Å². The molecule has 1 fully saturated rings. The van der Waals surface area contributed by atoms with E-state index in [4.69, 9.17) is 11.6 Å². The molecule has 0 aromatic heterocycles. The molecule has 0 radical (unpaired) electrons. The van der Waals surface area contributed by atoms with E-state index in [-0.39, 0.29) is 0 Å². The topological polar surface area (TPSA) is 0 Å². The molecule has 0 saturated heterocycles. The van der Waals surface area contributed by atoms with Gasteiger partial charge in [0.2, 0.25) is 0 Å². The van der Waals surface area contributed by atoms with E-state index < -0.39 is 0 Å². The van der Waals surface area contributed by atoms with Crippen molar-refractivity contribution in [3.63, 3.8) is 0 Å². The molecule has 1 atom stereocenters. The first-order valence-electron chi connectivity index (χ1n) is 6.12. The lowest BCUT2D eigenvalue weighted by atomic mass is 9.78. The normalized spacial score (nSPS) is 19.6. The summed E-state index contributed by atoms with van der Waals surface area (Å²) in [7, 11) is 0. The summed E-state index contributed by atoms with van der Waals surface area (Å²) >= 11 is 9.64. The van der Waals surface area contributed by atoms with E-state index in [1.54, 1.807) is 0 Å². The monoisotopic (exact) mass is 300 g/mol. The van der Waals surface area contributed by atoms with Gasteiger partial charge < -0.3 is 0 Å². The lowest BCUT2D eigenvalue weighted by Gasteiger charge is -2.29. The third kappa shape index (κ3) is 3.01. The van der Waals surface area contributed by atoms with E-state index in [0.29, 0.717) is 5.92 Å². The number of hydrogen-bond donors (Lipinski definition) is 0. The standard InChI is InChI=1S/C14H18BrCl/c15-13-8-6-12(7-9-13)14(10-16)11-4-2-1-3-5-11/h6-9,11,14H,1-5,10H2. The Morgan fingerprint density at radius 3 is 2.31 bits per heavy atom. The summed E-state index contributed by atoms with van der Waals surface area (Å²) in [4.78, 5) is 0. The van der Waals surface area contributed by atoms with Gasteiger partial charge in [0.25, 0.3) is 0 Å². The van der Waals surface area contributed by atoms with Crippen LogP contribution in [0.1, 0.15) is 43.6 Å². The number of alkyl halides is 1. The van der Waals surface area contributed by atoms with Gasteiger partial charge in [-0.15, -0.1) is 11.6 Å². The SMILES string of the molecule is ClCC(c1ccc(Br)cc1)C1CCCCC1. The van der Waals surface area contributed by atoms with Crippen LogP contribution in [0.3, 0.4) is 0 Å². The Morgan fingerprint density at radius 2 is 1.75 bits per heavy atom. The molecule has 0 N–H and O–H groups in total. The molecule has 1 saturated carbocycles. The van der Waals surface area contributed by atoms with Crippen LogP contribution in [-0.2, 0) is 0 Å². The van der Waals surface area contributed by atoms with E-state index >= 15 is 0 Å². The second kappa shape index (κ2) is 6.07. The second-order valence-electron chi connectivity index (χ2n) is 4.71. The molecule has 0 bridgehead atoms. The highest BCUT2D eigenvalue weighted by Crippen LogP contribution is 2.37. The van der Waals surface area contributed by atoms with Gasteiger partial charge in [0, 0.05) is 16.3 Å². The fraction of sp³-hybridized carbons (Fsp3) is 0.571. The number of halogens is 2. The van der Waals surface area contributed by atoms with Crippen LogP contribution in [0.2, 0.25) is 0 Å². The molecule has 1 aliphatic rings. The Kier molecular flexibility index (Phi) is 4.72. The predicted molar refractivity (Wildman–Crippen MR) is 74.2 cm³/mol. The summed E-state index contributed by atoms with van der Waals surface area (Å²) in [5.41, 5.74) is 1.41. The van der Waals surface area contributed by atoms with Gasteiger partial charge in [-0.25, -0.2) is 0 Å². The minimum Gasteiger partial charge on any atom is -0.126 e. The number of benzene rings is 1. The largest absolute Gasteiger partial charge is 0.126 e. The smallest absolute Gasteiger partial charge is 0.0294 e.